The third kappa shape index (κ3) is 125. The molecule has 1 nitrogen and oxygen atoms in total. The van der Waals surface area contributed by atoms with Gasteiger partial charge in [-0.1, -0.05) is 19.6 Å². The van der Waals surface area contributed by atoms with E-state index in [9.17, 15) is 0 Å². The Morgan fingerprint density at radius 3 is 1.12 bits per heavy atom. The molecule has 1 radical (unpaired) electrons. The Bertz CT molecular complexity index is 28.5. The van der Waals surface area contributed by atoms with Crippen LogP contribution in [0.3, 0.4) is 0 Å². The number of hydrogen-bond acceptors (Lipinski definition) is 0. The molecule has 0 spiro atoms. The fourth-order valence-electron chi connectivity index (χ4n) is 0. The van der Waals surface area contributed by atoms with Crippen LogP contribution in [0, 0.1) is 0 Å². The van der Waals surface area contributed by atoms with E-state index in [1.165, 1.54) is 0 Å². The second kappa shape index (κ2) is 15.9. The number of halogens is 2. The first-order valence-corrected chi connectivity index (χ1v) is 11.2. The van der Waals surface area contributed by atoms with E-state index in [0.717, 1.165) is 0 Å². The summed E-state index contributed by atoms with van der Waals surface area (Å²) < 4.78 is 0. The molecule has 0 saturated carbocycles. The average molecular weight is 251 g/mol. The van der Waals surface area contributed by atoms with Gasteiger partial charge in [-0.25, -0.2) is 0 Å². The Morgan fingerprint density at radius 1 is 1.12 bits per heavy atom. The molecular formula is C3H11Cl2NSiZr-. The van der Waals surface area contributed by atoms with Gasteiger partial charge >= 0.3 is 37.9 Å². The second-order valence-corrected chi connectivity index (χ2v) is 8.30. The first-order valence-electron chi connectivity index (χ1n) is 1.88. The van der Waals surface area contributed by atoms with Crippen LogP contribution in [0.15, 0.2) is 0 Å². The summed E-state index contributed by atoms with van der Waals surface area (Å²) in [6, 6.07) is 0. The van der Waals surface area contributed by atoms with Gasteiger partial charge in [0.05, 0.1) is 0 Å². The van der Waals surface area contributed by atoms with Crippen molar-refractivity contribution in [2.45, 2.75) is 19.6 Å². The van der Waals surface area contributed by atoms with Crippen LogP contribution in [0.2, 0.25) is 19.6 Å². The van der Waals surface area contributed by atoms with E-state index < -0.39 is 20.8 Å². The molecular weight excluding hydrogens is 240 g/mol. The normalized spacial score (nSPS) is 6.25. The van der Waals surface area contributed by atoms with Gasteiger partial charge in [0.15, 0.2) is 0 Å². The standard InChI is InChI=1S/C3H9Si.2ClH.H2N.Zr/c1-4(2)3;;;;/h1-3H3;2*1H;1H2;/q;;;-1;+2/p-2. The maximum absolute atomic E-state index is 4.93. The fraction of sp³-hybridized carbons (Fsp3) is 1.00. The molecule has 0 aliphatic carbocycles. The quantitative estimate of drug-likeness (QED) is 0.591. The van der Waals surface area contributed by atoms with E-state index >= 15 is 0 Å². The molecule has 2 N–H and O–H groups in total. The van der Waals surface area contributed by atoms with Crippen LogP contribution < -0.4 is 0 Å². The summed E-state index contributed by atoms with van der Waals surface area (Å²) in [7, 11) is 9.99. The molecule has 0 aromatic carbocycles. The first-order chi connectivity index (χ1) is 3.15. The molecule has 0 amide bonds. The maximum Gasteiger partial charge on any atom is -0.693 e. The van der Waals surface area contributed by atoms with Crippen molar-refractivity contribution in [1.29, 1.82) is 0 Å². The molecule has 0 aromatic rings. The van der Waals surface area contributed by atoms with Gasteiger partial charge in [0.1, 0.15) is 0 Å². The smallest absolute Gasteiger partial charge is 0.693 e. The molecule has 0 aliphatic rings. The zero-order chi connectivity index (χ0) is 6.28. The van der Waals surface area contributed by atoms with Gasteiger partial charge in [-0.15, -0.1) is 0 Å². The second-order valence-electron chi connectivity index (χ2n) is 1.57. The summed E-state index contributed by atoms with van der Waals surface area (Å²) >= 11 is -0.826. The van der Waals surface area contributed by atoms with Crippen LogP contribution in [0.4, 0.5) is 0 Å². The van der Waals surface area contributed by atoms with E-state index in [-0.39, 0.29) is 14.9 Å². The van der Waals surface area contributed by atoms with Crippen molar-refractivity contribution in [3.8, 4) is 0 Å². The number of rotatable bonds is 0. The zero-order valence-corrected chi connectivity index (χ0v) is 10.3. The van der Waals surface area contributed by atoms with Gasteiger partial charge in [0, 0.05) is 8.80 Å². The summed E-state index contributed by atoms with van der Waals surface area (Å²) in [6.45, 7) is 6.81. The van der Waals surface area contributed by atoms with E-state index in [1.54, 1.807) is 0 Å². The minimum Gasteiger partial charge on any atom is -0.693 e. The minimum absolute atomic E-state index is 0. The minimum atomic E-state index is -0.826. The molecule has 0 rings (SSSR count). The molecule has 0 fully saturated rings. The zero-order valence-electron chi connectivity index (χ0n) is 5.33. The van der Waals surface area contributed by atoms with Gasteiger partial charge in [-0.3, -0.25) is 0 Å². The molecule has 0 aliphatic heterocycles. The molecule has 0 unspecified atom stereocenters. The van der Waals surface area contributed by atoms with E-state index in [0.29, 0.717) is 0 Å². The molecule has 0 aromatic heterocycles. The van der Waals surface area contributed by atoms with E-state index in [4.69, 9.17) is 17.0 Å². The Balaban J connectivity index is -0.0000000575. The van der Waals surface area contributed by atoms with Crippen molar-refractivity contribution < 1.29 is 20.8 Å². The van der Waals surface area contributed by atoms with Crippen molar-refractivity contribution in [3.05, 3.63) is 6.15 Å². The van der Waals surface area contributed by atoms with Crippen LogP contribution >= 0.6 is 17.0 Å². The summed E-state index contributed by atoms with van der Waals surface area (Å²) in [5.41, 5.74) is 0. The number of hydrogen-bond donors (Lipinski definition) is 0. The molecule has 0 heterocycles. The molecule has 51 valence electrons. The van der Waals surface area contributed by atoms with Gasteiger partial charge < -0.3 is 6.15 Å². The topological polar surface area (TPSA) is 33.5 Å². The summed E-state index contributed by atoms with van der Waals surface area (Å²) in [5, 5.41) is 0. The third-order valence-electron chi connectivity index (χ3n) is 0. The largest absolute Gasteiger partial charge is 0.693 e. The Morgan fingerprint density at radius 2 is 1.12 bits per heavy atom. The summed E-state index contributed by atoms with van der Waals surface area (Å²) in [5.74, 6) is 0. The van der Waals surface area contributed by atoms with Gasteiger partial charge in [-0.2, -0.15) is 0 Å². The van der Waals surface area contributed by atoms with Crippen molar-refractivity contribution in [2.75, 3.05) is 0 Å². The number of nitrogens with two attached hydrogens (primary N) is 1. The predicted octanol–water partition coefficient (Wildman–Crippen LogP) is 3.46. The van der Waals surface area contributed by atoms with Gasteiger partial charge in [0.25, 0.3) is 0 Å². The van der Waals surface area contributed by atoms with E-state index in [2.05, 4.69) is 19.6 Å². The van der Waals surface area contributed by atoms with Crippen LogP contribution in [0.25, 0.3) is 6.15 Å². The van der Waals surface area contributed by atoms with Crippen molar-refractivity contribution in [1.82, 2.24) is 0 Å². The van der Waals surface area contributed by atoms with Gasteiger partial charge in [-0.05, 0) is 0 Å². The molecule has 0 bridgehead atoms. The Labute approximate surface area is 72.0 Å². The average Bonchev–Trinajstić information content (AvgIpc) is 1.33. The van der Waals surface area contributed by atoms with Crippen LogP contribution in [-0.4, -0.2) is 8.80 Å². The van der Waals surface area contributed by atoms with Crippen molar-refractivity contribution in [2.24, 2.45) is 0 Å². The Hall–Kier alpha value is 1.64. The summed E-state index contributed by atoms with van der Waals surface area (Å²) in [4.78, 5) is 0. The molecule has 5 heteroatoms. The van der Waals surface area contributed by atoms with Crippen molar-refractivity contribution in [3.63, 3.8) is 0 Å². The Kier molecular flexibility index (Phi) is 32.3. The first kappa shape index (κ1) is 16.3. The SMILES string of the molecule is C[Si](C)C.[Cl][Zr][Cl].[NH2-]. The molecule has 0 atom stereocenters. The van der Waals surface area contributed by atoms with Crippen LogP contribution in [0.5, 0.6) is 0 Å². The van der Waals surface area contributed by atoms with Crippen molar-refractivity contribution >= 4 is 25.8 Å². The maximum atomic E-state index is 4.93. The summed E-state index contributed by atoms with van der Waals surface area (Å²) in [6.07, 6.45) is 0. The molecule has 8 heavy (non-hydrogen) atoms. The van der Waals surface area contributed by atoms with Crippen LogP contribution in [0.1, 0.15) is 0 Å². The fourth-order valence-corrected chi connectivity index (χ4v) is 0. The third-order valence-corrected chi connectivity index (χ3v) is 0. The monoisotopic (exact) mass is 249 g/mol. The van der Waals surface area contributed by atoms with Crippen LogP contribution in [-0.2, 0) is 20.8 Å². The predicted molar refractivity (Wildman–Crippen MR) is 40.3 cm³/mol. The molecule has 0 saturated heterocycles. The van der Waals surface area contributed by atoms with Gasteiger partial charge in [0.2, 0.25) is 0 Å². The van der Waals surface area contributed by atoms with E-state index in [1.807, 2.05) is 0 Å².